The second kappa shape index (κ2) is 10.2. The summed E-state index contributed by atoms with van der Waals surface area (Å²) in [5, 5.41) is 6.22. The molecule has 0 aromatic heterocycles. The summed E-state index contributed by atoms with van der Waals surface area (Å²) >= 11 is 12.7. The van der Waals surface area contributed by atoms with Crippen molar-refractivity contribution in [1.82, 2.24) is 5.32 Å². The van der Waals surface area contributed by atoms with E-state index in [-0.39, 0.29) is 12.3 Å². The SMILES string of the molecule is CNC(=O)COC(=O)[C@@H]1C[C@@H](N(C(C)=O)c2ccc(CN)cc2)c2c(Cl)cc(Cl)cc2N1. The van der Waals surface area contributed by atoms with Crippen LogP contribution in [0.4, 0.5) is 11.4 Å². The Morgan fingerprint density at radius 2 is 1.91 bits per heavy atom. The number of nitrogens with one attached hydrogen (secondary N) is 2. The van der Waals surface area contributed by atoms with E-state index in [0.29, 0.717) is 33.5 Å². The number of carbonyl (C=O) groups excluding carboxylic acids is 3. The molecule has 2 aromatic carbocycles. The van der Waals surface area contributed by atoms with Gasteiger partial charge in [-0.3, -0.25) is 9.59 Å². The average Bonchev–Trinajstić information content (AvgIpc) is 2.76. The van der Waals surface area contributed by atoms with Crippen molar-refractivity contribution in [3.8, 4) is 0 Å². The van der Waals surface area contributed by atoms with Gasteiger partial charge in [0.05, 0.1) is 6.04 Å². The maximum Gasteiger partial charge on any atom is 0.329 e. The average molecular weight is 479 g/mol. The fourth-order valence-corrected chi connectivity index (χ4v) is 4.32. The fraction of sp³-hybridized carbons (Fsp3) is 0.318. The van der Waals surface area contributed by atoms with Gasteiger partial charge >= 0.3 is 5.97 Å². The molecule has 1 heterocycles. The molecule has 0 saturated carbocycles. The van der Waals surface area contributed by atoms with E-state index >= 15 is 0 Å². The number of rotatable bonds is 6. The van der Waals surface area contributed by atoms with E-state index in [0.717, 1.165) is 5.56 Å². The highest BCUT2D eigenvalue weighted by Gasteiger charge is 2.38. The van der Waals surface area contributed by atoms with Crippen LogP contribution in [-0.4, -0.2) is 37.5 Å². The topological polar surface area (TPSA) is 114 Å². The predicted molar refractivity (Wildman–Crippen MR) is 124 cm³/mol. The number of nitrogens with zero attached hydrogens (tertiary/aromatic N) is 1. The highest BCUT2D eigenvalue weighted by molar-refractivity contribution is 6.35. The summed E-state index contributed by atoms with van der Waals surface area (Å²) in [7, 11) is 1.45. The monoisotopic (exact) mass is 478 g/mol. The number of fused-ring (bicyclic) bond motifs is 1. The molecule has 8 nitrogen and oxygen atoms in total. The lowest BCUT2D eigenvalue weighted by molar-refractivity contribution is -0.149. The van der Waals surface area contributed by atoms with Gasteiger partial charge < -0.3 is 26.0 Å². The van der Waals surface area contributed by atoms with Crippen LogP contribution in [0, 0.1) is 0 Å². The number of anilines is 2. The Morgan fingerprint density at radius 3 is 2.50 bits per heavy atom. The third-order valence-electron chi connectivity index (χ3n) is 5.23. The van der Waals surface area contributed by atoms with Gasteiger partial charge in [0.2, 0.25) is 5.91 Å². The van der Waals surface area contributed by atoms with Crippen LogP contribution >= 0.6 is 23.2 Å². The molecule has 0 unspecified atom stereocenters. The largest absolute Gasteiger partial charge is 0.454 e. The van der Waals surface area contributed by atoms with Gasteiger partial charge in [0.25, 0.3) is 5.91 Å². The summed E-state index contributed by atoms with van der Waals surface area (Å²) in [6.07, 6.45) is 0.180. The van der Waals surface area contributed by atoms with E-state index < -0.39 is 30.6 Å². The Hall–Kier alpha value is -2.81. The van der Waals surface area contributed by atoms with Crippen molar-refractivity contribution in [1.29, 1.82) is 0 Å². The minimum Gasteiger partial charge on any atom is -0.454 e. The summed E-state index contributed by atoms with van der Waals surface area (Å²) in [4.78, 5) is 38.5. The van der Waals surface area contributed by atoms with Crippen molar-refractivity contribution in [2.75, 3.05) is 23.9 Å². The highest BCUT2D eigenvalue weighted by Crippen LogP contribution is 2.44. The smallest absolute Gasteiger partial charge is 0.329 e. The molecule has 170 valence electrons. The van der Waals surface area contributed by atoms with Crippen LogP contribution in [0.25, 0.3) is 0 Å². The maximum absolute atomic E-state index is 12.8. The lowest BCUT2D eigenvalue weighted by Gasteiger charge is -2.39. The molecule has 2 aromatic rings. The molecule has 2 atom stereocenters. The van der Waals surface area contributed by atoms with Gasteiger partial charge in [0.15, 0.2) is 6.61 Å². The Bertz CT molecular complexity index is 1030. The number of esters is 1. The number of ether oxygens (including phenoxy) is 1. The molecular formula is C22H24Cl2N4O4. The van der Waals surface area contributed by atoms with Crippen molar-refractivity contribution in [3.63, 3.8) is 0 Å². The van der Waals surface area contributed by atoms with Gasteiger partial charge in [-0.2, -0.15) is 0 Å². The number of likely N-dealkylation sites (N-methyl/N-ethyl adjacent to an activating group) is 1. The third-order valence-corrected chi connectivity index (χ3v) is 5.76. The van der Waals surface area contributed by atoms with Gasteiger partial charge in [0.1, 0.15) is 6.04 Å². The normalized spacial score (nSPS) is 17.0. The summed E-state index contributed by atoms with van der Waals surface area (Å²) in [6, 6.07) is 9.12. The van der Waals surface area contributed by atoms with Crippen LogP contribution < -0.4 is 21.3 Å². The third kappa shape index (κ3) is 5.15. The Kier molecular flexibility index (Phi) is 7.60. The van der Waals surface area contributed by atoms with Gasteiger partial charge in [-0.25, -0.2) is 4.79 Å². The van der Waals surface area contributed by atoms with Crippen LogP contribution in [-0.2, 0) is 25.7 Å². The molecule has 0 radical (unpaired) electrons. The molecule has 0 spiro atoms. The number of hydrogen-bond donors (Lipinski definition) is 3. The van der Waals surface area contributed by atoms with Crippen LogP contribution in [0.3, 0.4) is 0 Å². The highest BCUT2D eigenvalue weighted by atomic mass is 35.5. The molecule has 1 aliphatic heterocycles. The Morgan fingerprint density at radius 1 is 1.22 bits per heavy atom. The van der Waals surface area contributed by atoms with Crippen molar-refractivity contribution < 1.29 is 19.1 Å². The number of carbonyl (C=O) groups is 3. The lowest BCUT2D eigenvalue weighted by atomic mass is 9.90. The Balaban J connectivity index is 2.02. The number of nitrogens with two attached hydrogens (primary N) is 1. The van der Waals surface area contributed by atoms with Crippen molar-refractivity contribution >= 4 is 52.4 Å². The predicted octanol–water partition coefficient (Wildman–Crippen LogP) is 3.02. The molecule has 0 saturated heterocycles. The molecule has 0 aliphatic carbocycles. The van der Waals surface area contributed by atoms with Gasteiger partial charge in [-0.05, 0) is 29.8 Å². The molecular weight excluding hydrogens is 455 g/mol. The first kappa shape index (κ1) is 23.8. The first-order valence-electron chi connectivity index (χ1n) is 9.96. The van der Waals surface area contributed by atoms with Crippen LogP contribution in [0.1, 0.15) is 30.5 Å². The first-order chi connectivity index (χ1) is 15.2. The quantitative estimate of drug-likeness (QED) is 0.549. The molecule has 32 heavy (non-hydrogen) atoms. The summed E-state index contributed by atoms with van der Waals surface area (Å²) in [5.41, 5.74) is 8.41. The van der Waals surface area contributed by atoms with Crippen molar-refractivity contribution in [3.05, 3.63) is 57.6 Å². The van der Waals surface area contributed by atoms with Crippen molar-refractivity contribution in [2.24, 2.45) is 5.73 Å². The zero-order valence-electron chi connectivity index (χ0n) is 17.7. The molecule has 1 aliphatic rings. The summed E-state index contributed by atoms with van der Waals surface area (Å²) < 4.78 is 5.14. The standard InChI is InChI=1S/C22H24Cl2N4O4/c1-12(29)28(15-5-3-13(10-25)4-6-15)19-9-18(22(31)32-11-20(30)26-2)27-17-8-14(23)7-16(24)21(17)19/h3-8,18-19,27H,9-11,25H2,1-2H3,(H,26,30)/t18-,19+/m0/s1. The maximum atomic E-state index is 12.8. The van der Waals surface area contributed by atoms with E-state index in [4.69, 9.17) is 33.7 Å². The Labute approximate surface area is 196 Å². The van der Waals surface area contributed by atoms with E-state index in [1.165, 1.54) is 14.0 Å². The van der Waals surface area contributed by atoms with E-state index in [9.17, 15) is 14.4 Å². The molecule has 10 heteroatoms. The molecule has 4 N–H and O–H groups in total. The van der Waals surface area contributed by atoms with Crippen LogP contribution in [0.2, 0.25) is 10.0 Å². The second-order valence-corrected chi connectivity index (χ2v) is 8.18. The minimum atomic E-state index is -0.822. The number of benzene rings is 2. The number of halogens is 2. The minimum absolute atomic E-state index is 0.180. The van der Waals surface area contributed by atoms with Crippen LogP contribution in [0.15, 0.2) is 36.4 Å². The lowest BCUT2D eigenvalue weighted by Crippen LogP contribution is -2.44. The first-order valence-corrected chi connectivity index (χ1v) is 10.7. The second-order valence-electron chi connectivity index (χ2n) is 7.34. The fourth-order valence-electron chi connectivity index (χ4n) is 3.70. The number of hydrogen-bond acceptors (Lipinski definition) is 6. The summed E-state index contributed by atoms with van der Waals surface area (Å²) in [6.45, 7) is 1.42. The van der Waals surface area contributed by atoms with Crippen molar-refractivity contribution in [2.45, 2.75) is 32.0 Å². The van der Waals surface area contributed by atoms with E-state index in [2.05, 4.69) is 10.6 Å². The van der Waals surface area contributed by atoms with Gasteiger partial charge in [-0.15, -0.1) is 0 Å². The van der Waals surface area contributed by atoms with Gasteiger partial charge in [0, 0.05) is 53.9 Å². The molecule has 0 bridgehead atoms. The zero-order valence-corrected chi connectivity index (χ0v) is 19.2. The molecule has 0 fully saturated rings. The molecule has 2 amide bonds. The van der Waals surface area contributed by atoms with E-state index in [1.807, 2.05) is 12.1 Å². The summed E-state index contributed by atoms with van der Waals surface area (Å²) in [5.74, 6) is -1.28. The molecule has 3 rings (SSSR count). The zero-order chi connectivity index (χ0) is 23.4. The van der Waals surface area contributed by atoms with Gasteiger partial charge in [-0.1, -0.05) is 35.3 Å². The van der Waals surface area contributed by atoms with Crippen LogP contribution in [0.5, 0.6) is 0 Å². The van der Waals surface area contributed by atoms with E-state index in [1.54, 1.807) is 29.2 Å². The number of amides is 2.